The van der Waals surface area contributed by atoms with E-state index in [1.807, 2.05) is 37.6 Å². The first kappa shape index (κ1) is 22.3. The van der Waals surface area contributed by atoms with Gasteiger partial charge in [0.15, 0.2) is 0 Å². The smallest absolute Gasteiger partial charge is 0.253 e. The third kappa shape index (κ3) is 4.46. The molecule has 0 saturated heterocycles. The molecule has 0 unspecified atom stereocenters. The van der Waals surface area contributed by atoms with Crippen molar-refractivity contribution in [2.24, 2.45) is 7.05 Å². The molecule has 1 fully saturated rings. The Morgan fingerprint density at radius 2 is 1.94 bits per heavy atom. The predicted molar refractivity (Wildman–Crippen MR) is 134 cm³/mol. The number of nitrogens with zero attached hydrogens (tertiary/aromatic N) is 3. The number of hydrogen-bond acceptors (Lipinski definition) is 4. The first-order valence-corrected chi connectivity index (χ1v) is 11.9. The minimum Gasteiger partial charge on any atom is -0.391 e. The first-order chi connectivity index (χ1) is 16.5. The number of carbonyl (C=O) groups excluding carboxylic acids is 1. The molecular weight excluding hydrogens is 424 g/mol. The molecule has 6 heteroatoms. The Morgan fingerprint density at radius 3 is 2.68 bits per heavy atom. The van der Waals surface area contributed by atoms with Crippen LogP contribution in [0.1, 0.15) is 52.7 Å². The van der Waals surface area contributed by atoms with Gasteiger partial charge in [-0.15, -0.1) is 0 Å². The molecule has 5 rings (SSSR count). The number of carbonyl (C=O) groups is 1. The van der Waals surface area contributed by atoms with Gasteiger partial charge in [0, 0.05) is 30.4 Å². The van der Waals surface area contributed by atoms with Crippen molar-refractivity contribution >= 4 is 16.8 Å². The fraction of sp³-hybridized carbons (Fsp3) is 0.321. The van der Waals surface area contributed by atoms with Crippen LogP contribution in [0.15, 0.2) is 61.1 Å². The number of pyridine rings is 1. The van der Waals surface area contributed by atoms with Gasteiger partial charge in [-0.3, -0.25) is 14.5 Å². The Balaban J connectivity index is 1.45. The molecule has 2 aromatic heterocycles. The van der Waals surface area contributed by atoms with Crippen LogP contribution in [0, 0.1) is 6.92 Å². The van der Waals surface area contributed by atoms with E-state index in [4.69, 9.17) is 0 Å². The molecule has 0 spiro atoms. The van der Waals surface area contributed by atoms with E-state index in [0.717, 1.165) is 59.7 Å². The van der Waals surface area contributed by atoms with Gasteiger partial charge in [0.25, 0.3) is 5.91 Å². The zero-order valence-electron chi connectivity index (χ0n) is 19.7. The zero-order chi connectivity index (χ0) is 23.7. The van der Waals surface area contributed by atoms with E-state index in [1.165, 1.54) is 5.56 Å². The fourth-order valence-corrected chi connectivity index (χ4v) is 4.93. The summed E-state index contributed by atoms with van der Waals surface area (Å²) in [4.78, 5) is 17.9. The van der Waals surface area contributed by atoms with Crippen molar-refractivity contribution in [3.05, 3.63) is 83.3 Å². The summed E-state index contributed by atoms with van der Waals surface area (Å²) in [6.45, 7) is 2.09. The van der Waals surface area contributed by atoms with E-state index >= 15 is 0 Å². The van der Waals surface area contributed by atoms with Crippen molar-refractivity contribution in [3.8, 4) is 11.1 Å². The molecule has 34 heavy (non-hydrogen) atoms. The molecule has 2 atom stereocenters. The van der Waals surface area contributed by atoms with E-state index in [2.05, 4.69) is 46.6 Å². The number of aryl methyl sites for hydroxylation is 2. The second-order valence-electron chi connectivity index (χ2n) is 9.32. The highest BCUT2D eigenvalue weighted by Crippen LogP contribution is 2.28. The Kier molecular flexibility index (Phi) is 6.16. The van der Waals surface area contributed by atoms with Gasteiger partial charge >= 0.3 is 0 Å². The van der Waals surface area contributed by atoms with Gasteiger partial charge in [-0.05, 0) is 60.6 Å². The first-order valence-electron chi connectivity index (χ1n) is 11.9. The molecule has 0 aliphatic heterocycles. The summed E-state index contributed by atoms with van der Waals surface area (Å²) in [5.41, 5.74) is 6.90. The van der Waals surface area contributed by atoms with E-state index in [-0.39, 0.29) is 11.9 Å². The number of aliphatic hydroxyl groups is 1. The highest BCUT2D eigenvalue weighted by Gasteiger charge is 2.26. The molecular formula is C28H30N4O2. The van der Waals surface area contributed by atoms with Crippen LogP contribution < -0.4 is 5.32 Å². The summed E-state index contributed by atoms with van der Waals surface area (Å²) < 4.78 is 1.80. The third-order valence-corrected chi connectivity index (χ3v) is 6.94. The molecule has 1 aliphatic rings. The van der Waals surface area contributed by atoms with Crippen LogP contribution >= 0.6 is 0 Å². The van der Waals surface area contributed by atoms with Crippen LogP contribution in [0.3, 0.4) is 0 Å². The highest BCUT2D eigenvalue weighted by atomic mass is 16.3. The van der Waals surface area contributed by atoms with Crippen molar-refractivity contribution in [3.63, 3.8) is 0 Å². The van der Waals surface area contributed by atoms with Crippen LogP contribution in [-0.4, -0.2) is 37.9 Å². The topological polar surface area (TPSA) is 80.0 Å². The summed E-state index contributed by atoms with van der Waals surface area (Å²) in [6, 6.07) is 14.2. The van der Waals surface area contributed by atoms with Crippen molar-refractivity contribution in [1.29, 1.82) is 0 Å². The van der Waals surface area contributed by atoms with Crippen molar-refractivity contribution in [1.82, 2.24) is 20.1 Å². The van der Waals surface area contributed by atoms with Gasteiger partial charge in [0.05, 0.1) is 29.4 Å². The van der Waals surface area contributed by atoms with Crippen LogP contribution in [0.25, 0.3) is 22.0 Å². The monoisotopic (exact) mass is 454 g/mol. The van der Waals surface area contributed by atoms with Gasteiger partial charge in [-0.25, -0.2) is 0 Å². The SMILES string of the molecule is Cc1c(Cc2ccc(-c3cnn(C)c3)cc2)cc(C(=O)N[C@H]2CCCC[C@@H]2O)c2ncccc12. The summed E-state index contributed by atoms with van der Waals surface area (Å²) >= 11 is 0. The number of aromatic nitrogens is 3. The Morgan fingerprint density at radius 1 is 1.15 bits per heavy atom. The standard InChI is InChI=1S/C28H30N4O2/c1-18-21(14-19-9-11-20(12-10-19)22-16-30-32(2)17-22)15-24(27-23(18)6-5-13-29-27)28(34)31-25-7-3-4-8-26(25)33/h5-6,9-13,15-17,25-26,33H,3-4,7-8,14H2,1-2H3,(H,31,34)/t25-,26-/m0/s1. The molecule has 2 N–H and O–H groups in total. The second kappa shape index (κ2) is 9.39. The average Bonchev–Trinajstić information content (AvgIpc) is 3.29. The van der Waals surface area contributed by atoms with E-state index < -0.39 is 6.10 Å². The predicted octanol–water partition coefficient (Wildman–Crippen LogP) is 4.57. The average molecular weight is 455 g/mol. The molecule has 2 heterocycles. The van der Waals surface area contributed by atoms with Crippen molar-refractivity contribution < 1.29 is 9.90 Å². The summed E-state index contributed by atoms with van der Waals surface area (Å²) in [5, 5.41) is 18.7. The summed E-state index contributed by atoms with van der Waals surface area (Å²) in [7, 11) is 1.91. The lowest BCUT2D eigenvalue weighted by Crippen LogP contribution is -2.45. The van der Waals surface area contributed by atoms with Gasteiger partial charge in [-0.1, -0.05) is 43.2 Å². The number of hydrogen-bond donors (Lipinski definition) is 2. The van der Waals surface area contributed by atoms with Gasteiger partial charge in [0.2, 0.25) is 0 Å². The van der Waals surface area contributed by atoms with Gasteiger partial charge < -0.3 is 10.4 Å². The highest BCUT2D eigenvalue weighted by molar-refractivity contribution is 6.06. The van der Waals surface area contributed by atoms with Crippen LogP contribution in [0.5, 0.6) is 0 Å². The lowest BCUT2D eigenvalue weighted by molar-refractivity contribution is 0.0718. The molecule has 4 aromatic rings. The number of nitrogens with one attached hydrogen (secondary N) is 1. The van der Waals surface area contributed by atoms with Crippen LogP contribution in [0.4, 0.5) is 0 Å². The Bertz CT molecular complexity index is 1330. The molecule has 1 saturated carbocycles. The Labute approximate surface area is 199 Å². The minimum atomic E-state index is -0.486. The molecule has 174 valence electrons. The second-order valence-corrected chi connectivity index (χ2v) is 9.32. The molecule has 2 aromatic carbocycles. The van der Waals surface area contributed by atoms with Crippen molar-refractivity contribution in [2.75, 3.05) is 0 Å². The number of rotatable bonds is 5. The van der Waals surface area contributed by atoms with E-state index in [9.17, 15) is 9.90 Å². The Hall–Kier alpha value is -3.51. The normalized spacial score (nSPS) is 18.2. The molecule has 1 aliphatic carbocycles. The number of fused-ring (bicyclic) bond motifs is 1. The van der Waals surface area contributed by atoms with Crippen LogP contribution in [-0.2, 0) is 13.5 Å². The third-order valence-electron chi connectivity index (χ3n) is 6.94. The number of benzene rings is 2. The van der Waals surface area contributed by atoms with E-state index in [1.54, 1.807) is 10.9 Å². The number of aliphatic hydroxyl groups excluding tert-OH is 1. The van der Waals surface area contributed by atoms with Crippen LogP contribution in [0.2, 0.25) is 0 Å². The van der Waals surface area contributed by atoms with Gasteiger partial charge in [0.1, 0.15) is 0 Å². The summed E-state index contributed by atoms with van der Waals surface area (Å²) in [5.74, 6) is -0.164. The maximum Gasteiger partial charge on any atom is 0.253 e. The molecule has 6 nitrogen and oxygen atoms in total. The van der Waals surface area contributed by atoms with Gasteiger partial charge in [-0.2, -0.15) is 5.10 Å². The quantitative estimate of drug-likeness (QED) is 0.463. The maximum absolute atomic E-state index is 13.3. The lowest BCUT2D eigenvalue weighted by Gasteiger charge is -2.28. The van der Waals surface area contributed by atoms with Crippen molar-refractivity contribution in [2.45, 2.75) is 51.2 Å². The number of amides is 1. The maximum atomic E-state index is 13.3. The fourth-order valence-electron chi connectivity index (χ4n) is 4.93. The summed E-state index contributed by atoms with van der Waals surface area (Å²) in [6.07, 6.45) is 9.40. The molecule has 0 radical (unpaired) electrons. The minimum absolute atomic E-state index is 0.164. The largest absolute Gasteiger partial charge is 0.391 e. The zero-order valence-corrected chi connectivity index (χ0v) is 19.7. The van der Waals surface area contributed by atoms with E-state index in [0.29, 0.717) is 11.1 Å². The molecule has 0 bridgehead atoms. The molecule has 1 amide bonds. The lowest BCUT2D eigenvalue weighted by atomic mass is 9.91.